The number of carbonyl (C=O) groups is 2. The highest BCUT2D eigenvalue weighted by molar-refractivity contribution is 7.99. The highest BCUT2D eigenvalue weighted by Gasteiger charge is 2.10. The molecule has 0 aliphatic heterocycles. The molecule has 9 heteroatoms. The van der Waals surface area contributed by atoms with Crippen molar-refractivity contribution >= 4 is 40.9 Å². The standard InChI is InChI=1S/C18H16ClF2NO4S/c1-11-8-12(19)2-7-15(11)25-10-17(24)26-9-16(23)22-13-3-5-14(6-4-13)27-18(20)21/h2-8,18H,9-10H2,1H3,(H,22,23). The molecule has 2 rings (SSSR count). The predicted octanol–water partition coefficient (Wildman–Crippen LogP) is 4.52. The van der Waals surface area contributed by atoms with Crippen molar-refractivity contribution in [1.82, 2.24) is 0 Å². The summed E-state index contributed by atoms with van der Waals surface area (Å²) < 4.78 is 34.6. The van der Waals surface area contributed by atoms with Gasteiger partial charge in [0.15, 0.2) is 13.2 Å². The summed E-state index contributed by atoms with van der Waals surface area (Å²) >= 11 is 6.24. The van der Waals surface area contributed by atoms with E-state index in [1.54, 1.807) is 25.1 Å². The second-order valence-electron chi connectivity index (χ2n) is 5.31. The van der Waals surface area contributed by atoms with E-state index in [9.17, 15) is 18.4 Å². The minimum absolute atomic E-state index is 0.352. The van der Waals surface area contributed by atoms with Gasteiger partial charge >= 0.3 is 5.97 Å². The molecule has 27 heavy (non-hydrogen) atoms. The molecule has 0 heterocycles. The van der Waals surface area contributed by atoms with E-state index in [-0.39, 0.29) is 6.61 Å². The van der Waals surface area contributed by atoms with Crippen LogP contribution in [0.2, 0.25) is 5.02 Å². The van der Waals surface area contributed by atoms with Crippen molar-refractivity contribution in [1.29, 1.82) is 0 Å². The van der Waals surface area contributed by atoms with Crippen molar-refractivity contribution < 1.29 is 27.8 Å². The number of amides is 1. The molecular weight excluding hydrogens is 400 g/mol. The van der Waals surface area contributed by atoms with E-state index >= 15 is 0 Å². The van der Waals surface area contributed by atoms with Crippen LogP contribution in [0.4, 0.5) is 14.5 Å². The fourth-order valence-electron chi connectivity index (χ4n) is 2.02. The minimum atomic E-state index is -2.51. The van der Waals surface area contributed by atoms with Crippen molar-refractivity contribution in [3.8, 4) is 5.75 Å². The molecule has 0 atom stereocenters. The van der Waals surface area contributed by atoms with Gasteiger partial charge in [0, 0.05) is 15.6 Å². The lowest BCUT2D eigenvalue weighted by Crippen LogP contribution is -2.23. The number of nitrogens with one attached hydrogen (secondary N) is 1. The number of carbonyl (C=O) groups excluding carboxylic acids is 2. The van der Waals surface area contributed by atoms with E-state index in [1.807, 2.05) is 0 Å². The quantitative estimate of drug-likeness (QED) is 0.507. The predicted molar refractivity (Wildman–Crippen MR) is 99.6 cm³/mol. The van der Waals surface area contributed by atoms with Gasteiger partial charge in [-0.2, -0.15) is 8.78 Å². The van der Waals surface area contributed by atoms with Gasteiger partial charge in [0.05, 0.1) is 0 Å². The van der Waals surface area contributed by atoms with Gasteiger partial charge < -0.3 is 14.8 Å². The smallest absolute Gasteiger partial charge is 0.344 e. The zero-order valence-corrected chi connectivity index (χ0v) is 15.8. The Morgan fingerprint density at radius 2 is 1.85 bits per heavy atom. The van der Waals surface area contributed by atoms with Gasteiger partial charge in [-0.25, -0.2) is 4.79 Å². The number of ether oxygens (including phenoxy) is 2. The lowest BCUT2D eigenvalue weighted by molar-refractivity contribution is -0.149. The van der Waals surface area contributed by atoms with Gasteiger partial charge in [-0.05, 0) is 55.0 Å². The maximum atomic E-state index is 12.2. The van der Waals surface area contributed by atoms with Gasteiger partial charge in [-0.1, -0.05) is 23.4 Å². The lowest BCUT2D eigenvalue weighted by atomic mass is 10.2. The Bertz CT molecular complexity index is 802. The van der Waals surface area contributed by atoms with E-state index in [0.717, 1.165) is 5.56 Å². The molecule has 144 valence electrons. The molecule has 1 N–H and O–H groups in total. The molecule has 0 radical (unpaired) electrons. The van der Waals surface area contributed by atoms with Gasteiger partial charge in [0.2, 0.25) is 0 Å². The van der Waals surface area contributed by atoms with E-state index in [0.29, 0.717) is 33.1 Å². The number of anilines is 1. The van der Waals surface area contributed by atoms with Crippen LogP contribution in [0.5, 0.6) is 5.75 Å². The van der Waals surface area contributed by atoms with Gasteiger partial charge in [0.1, 0.15) is 5.75 Å². The first kappa shape index (κ1) is 21.0. The summed E-state index contributed by atoms with van der Waals surface area (Å²) in [5.74, 6) is -3.28. The molecule has 0 bridgehead atoms. The van der Waals surface area contributed by atoms with Crippen LogP contribution in [0.25, 0.3) is 0 Å². The van der Waals surface area contributed by atoms with E-state index < -0.39 is 24.2 Å². The molecule has 5 nitrogen and oxygen atoms in total. The average molecular weight is 416 g/mol. The first-order valence-corrected chi connectivity index (χ1v) is 8.98. The number of benzene rings is 2. The van der Waals surface area contributed by atoms with Crippen LogP contribution in [0.3, 0.4) is 0 Å². The highest BCUT2D eigenvalue weighted by atomic mass is 35.5. The van der Waals surface area contributed by atoms with Gasteiger partial charge in [-0.3, -0.25) is 4.79 Å². The second-order valence-corrected chi connectivity index (χ2v) is 6.81. The largest absolute Gasteiger partial charge is 0.482 e. The topological polar surface area (TPSA) is 64.6 Å². The van der Waals surface area contributed by atoms with Crippen LogP contribution in [-0.2, 0) is 14.3 Å². The zero-order valence-electron chi connectivity index (χ0n) is 14.2. The number of thioether (sulfide) groups is 1. The third kappa shape index (κ3) is 7.44. The SMILES string of the molecule is Cc1cc(Cl)ccc1OCC(=O)OCC(=O)Nc1ccc(SC(F)F)cc1. The summed E-state index contributed by atoms with van der Waals surface area (Å²) in [6.45, 7) is 0.940. The molecule has 0 unspecified atom stereocenters. The molecule has 2 aromatic carbocycles. The van der Waals surface area contributed by atoms with Gasteiger partial charge in [0.25, 0.3) is 11.7 Å². The minimum Gasteiger partial charge on any atom is -0.482 e. The number of rotatable bonds is 8. The molecule has 0 aliphatic carbocycles. The van der Waals surface area contributed by atoms with Crippen molar-refractivity contribution in [3.05, 3.63) is 53.1 Å². The Morgan fingerprint density at radius 3 is 2.48 bits per heavy atom. The van der Waals surface area contributed by atoms with Crippen LogP contribution < -0.4 is 10.1 Å². The number of hydrogen-bond acceptors (Lipinski definition) is 5. The Labute approximate surface area is 164 Å². The Kier molecular flexibility index (Phi) is 7.87. The molecule has 0 fully saturated rings. The number of halogens is 3. The average Bonchev–Trinajstić information content (AvgIpc) is 2.60. The van der Waals surface area contributed by atoms with E-state index in [1.165, 1.54) is 24.3 Å². The fraction of sp³-hybridized carbons (Fsp3) is 0.222. The zero-order chi connectivity index (χ0) is 19.8. The third-order valence-electron chi connectivity index (χ3n) is 3.21. The second kappa shape index (κ2) is 10.1. The molecule has 0 aliphatic rings. The lowest BCUT2D eigenvalue weighted by Gasteiger charge is -2.10. The van der Waals surface area contributed by atoms with Crippen molar-refractivity contribution in [3.63, 3.8) is 0 Å². The molecule has 0 saturated heterocycles. The van der Waals surface area contributed by atoms with Crippen LogP contribution in [0.1, 0.15) is 5.56 Å². The summed E-state index contributed by atoms with van der Waals surface area (Å²) in [6, 6.07) is 10.8. The Balaban J connectivity index is 1.73. The summed E-state index contributed by atoms with van der Waals surface area (Å²) in [5.41, 5.74) is 1.17. The Hall–Kier alpha value is -2.32. The molecule has 2 aromatic rings. The van der Waals surface area contributed by atoms with Crippen LogP contribution in [-0.4, -0.2) is 30.8 Å². The Morgan fingerprint density at radius 1 is 1.15 bits per heavy atom. The normalized spacial score (nSPS) is 10.6. The summed E-state index contributed by atoms with van der Waals surface area (Å²) in [6.07, 6.45) is 0. The molecular formula is C18H16ClF2NO4S. The highest BCUT2D eigenvalue weighted by Crippen LogP contribution is 2.26. The van der Waals surface area contributed by atoms with Gasteiger partial charge in [-0.15, -0.1) is 0 Å². The number of alkyl halides is 2. The summed E-state index contributed by atoms with van der Waals surface area (Å²) in [5, 5.41) is 3.05. The van der Waals surface area contributed by atoms with Crippen LogP contribution in [0, 0.1) is 6.92 Å². The number of aryl methyl sites for hydroxylation is 1. The fourth-order valence-corrected chi connectivity index (χ4v) is 2.74. The van der Waals surface area contributed by atoms with E-state index in [4.69, 9.17) is 21.1 Å². The first-order valence-electron chi connectivity index (χ1n) is 7.73. The van der Waals surface area contributed by atoms with E-state index in [2.05, 4.69) is 5.32 Å². The van der Waals surface area contributed by atoms with Crippen molar-refractivity contribution in [2.24, 2.45) is 0 Å². The first-order chi connectivity index (χ1) is 12.8. The summed E-state index contributed by atoms with van der Waals surface area (Å²) in [4.78, 5) is 23.8. The molecule has 0 spiro atoms. The maximum Gasteiger partial charge on any atom is 0.344 e. The number of hydrogen-bond donors (Lipinski definition) is 1. The monoisotopic (exact) mass is 415 g/mol. The number of esters is 1. The van der Waals surface area contributed by atoms with Crippen molar-refractivity contribution in [2.45, 2.75) is 17.6 Å². The third-order valence-corrected chi connectivity index (χ3v) is 4.17. The molecule has 0 aromatic heterocycles. The molecule has 1 amide bonds. The maximum absolute atomic E-state index is 12.2. The van der Waals surface area contributed by atoms with Crippen molar-refractivity contribution in [2.75, 3.05) is 18.5 Å². The van der Waals surface area contributed by atoms with Crippen LogP contribution >= 0.6 is 23.4 Å². The van der Waals surface area contributed by atoms with Crippen LogP contribution in [0.15, 0.2) is 47.4 Å². The molecule has 0 saturated carbocycles. The summed E-state index contributed by atoms with van der Waals surface area (Å²) in [7, 11) is 0.